The number of nitrogens with two attached hydrogens (primary N) is 1. The number of rotatable bonds is 3. The predicted molar refractivity (Wildman–Crippen MR) is 73.3 cm³/mol. The Labute approximate surface area is 116 Å². The maximum atomic E-state index is 12.3. The number of aromatic amines is 1. The van der Waals surface area contributed by atoms with Crippen LogP contribution in [0.15, 0.2) is 23.3 Å². The molecule has 1 saturated heterocycles. The van der Waals surface area contributed by atoms with Gasteiger partial charge in [0, 0.05) is 38.1 Å². The molecule has 7 heteroatoms. The largest absolute Gasteiger partial charge is 0.367 e. The molecule has 4 N–H and O–H groups in total. The number of amides is 3. The molecule has 0 aliphatic carbocycles. The van der Waals surface area contributed by atoms with Gasteiger partial charge in [0.15, 0.2) is 5.43 Å². The fourth-order valence-electron chi connectivity index (χ4n) is 2.41. The molecule has 20 heavy (non-hydrogen) atoms. The zero-order chi connectivity index (χ0) is 14.5. The van der Waals surface area contributed by atoms with Crippen molar-refractivity contribution < 1.29 is 9.59 Å². The third-order valence-corrected chi connectivity index (χ3v) is 3.43. The lowest BCUT2D eigenvalue weighted by Crippen LogP contribution is -2.45. The van der Waals surface area contributed by atoms with Crippen LogP contribution in [0, 0.1) is 5.92 Å². The summed E-state index contributed by atoms with van der Waals surface area (Å²) in [5, 5.41) is 2.56. The van der Waals surface area contributed by atoms with E-state index >= 15 is 0 Å². The Morgan fingerprint density at radius 2 is 2.30 bits per heavy atom. The molecule has 1 aromatic heterocycles. The van der Waals surface area contributed by atoms with E-state index in [1.807, 2.05) is 0 Å². The molecule has 1 aliphatic heterocycles. The number of nitrogens with zero attached hydrogens (tertiary/aromatic N) is 1. The molecule has 0 aromatic carbocycles. The minimum atomic E-state index is -0.562. The monoisotopic (exact) mass is 278 g/mol. The Hall–Kier alpha value is -2.31. The van der Waals surface area contributed by atoms with E-state index in [9.17, 15) is 14.4 Å². The highest BCUT2D eigenvalue weighted by molar-refractivity contribution is 5.93. The zero-order valence-corrected chi connectivity index (χ0v) is 11.1. The molecule has 1 aromatic rings. The predicted octanol–water partition coefficient (Wildman–Crippen LogP) is -0.105. The number of H-pyrrole nitrogens is 1. The van der Waals surface area contributed by atoms with Crippen LogP contribution in [0.25, 0.3) is 0 Å². The summed E-state index contributed by atoms with van der Waals surface area (Å²) in [6, 6.07) is 0.775. The van der Waals surface area contributed by atoms with Gasteiger partial charge in [-0.05, 0) is 18.8 Å². The van der Waals surface area contributed by atoms with E-state index in [0.29, 0.717) is 19.6 Å². The maximum Gasteiger partial charge on any atom is 0.312 e. The highest BCUT2D eigenvalue weighted by Crippen LogP contribution is 2.17. The molecule has 0 radical (unpaired) electrons. The topological polar surface area (TPSA) is 108 Å². The normalized spacial score (nSPS) is 18.6. The minimum Gasteiger partial charge on any atom is -0.367 e. The van der Waals surface area contributed by atoms with Crippen molar-refractivity contribution in [2.45, 2.75) is 12.8 Å². The molecular weight excluding hydrogens is 260 g/mol. The third kappa shape index (κ3) is 3.37. The SMILES string of the molecule is NC(=O)NCC1CCCN(C(=O)c2c[nH]ccc2=O)C1. The summed E-state index contributed by atoms with van der Waals surface area (Å²) >= 11 is 0. The maximum absolute atomic E-state index is 12.3. The Kier molecular flexibility index (Phi) is 4.39. The van der Waals surface area contributed by atoms with Crippen molar-refractivity contribution in [3.05, 3.63) is 34.2 Å². The summed E-state index contributed by atoms with van der Waals surface area (Å²) < 4.78 is 0. The summed E-state index contributed by atoms with van der Waals surface area (Å²) in [5.41, 5.74) is 4.90. The number of hydrogen-bond acceptors (Lipinski definition) is 3. The van der Waals surface area contributed by atoms with E-state index in [4.69, 9.17) is 5.73 Å². The number of carbonyl (C=O) groups excluding carboxylic acids is 2. The van der Waals surface area contributed by atoms with Gasteiger partial charge in [-0.3, -0.25) is 9.59 Å². The van der Waals surface area contributed by atoms with Crippen LogP contribution < -0.4 is 16.5 Å². The van der Waals surface area contributed by atoms with Crippen molar-refractivity contribution in [1.29, 1.82) is 0 Å². The first-order valence-electron chi connectivity index (χ1n) is 6.57. The van der Waals surface area contributed by atoms with Gasteiger partial charge in [-0.2, -0.15) is 0 Å². The van der Waals surface area contributed by atoms with Gasteiger partial charge in [0.1, 0.15) is 5.56 Å². The van der Waals surface area contributed by atoms with Crippen LogP contribution in [0.1, 0.15) is 23.2 Å². The van der Waals surface area contributed by atoms with Gasteiger partial charge in [-0.25, -0.2) is 4.79 Å². The molecule has 3 amide bonds. The summed E-state index contributed by atoms with van der Waals surface area (Å²) in [5.74, 6) is -0.0985. The molecule has 1 atom stereocenters. The molecule has 0 saturated carbocycles. The van der Waals surface area contributed by atoms with Crippen LogP contribution >= 0.6 is 0 Å². The second-order valence-corrected chi connectivity index (χ2v) is 4.93. The molecule has 0 bridgehead atoms. The van der Waals surface area contributed by atoms with Gasteiger partial charge in [0.05, 0.1) is 0 Å². The molecule has 1 aliphatic rings. The van der Waals surface area contributed by atoms with Gasteiger partial charge in [0.2, 0.25) is 0 Å². The summed E-state index contributed by atoms with van der Waals surface area (Å²) in [6.07, 6.45) is 4.70. The first-order chi connectivity index (χ1) is 9.58. The van der Waals surface area contributed by atoms with E-state index in [0.717, 1.165) is 12.8 Å². The second kappa shape index (κ2) is 6.23. The number of piperidine rings is 1. The summed E-state index contributed by atoms with van der Waals surface area (Å²) in [7, 11) is 0. The van der Waals surface area contributed by atoms with Crippen molar-refractivity contribution in [1.82, 2.24) is 15.2 Å². The van der Waals surface area contributed by atoms with Crippen LogP contribution in [0.3, 0.4) is 0 Å². The van der Waals surface area contributed by atoms with Crippen LogP contribution in [0.2, 0.25) is 0 Å². The quantitative estimate of drug-likeness (QED) is 0.718. The standard InChI is InChI=1S/C13H18N4O3/c14-13(20)16-6-9-2-1-5-17(8-9)12(19)10-7-15-4-3-11(10)18/h3-4,7,9H,1-2,5-6,8H2,(H,15,18)(H3,14,16,20). The lowest BCUT2D eigenvalue weighted by atomic mass is 9.97. The average molecular weight is 278 g/mol. The van der Waals surface area contributed by atoms with Gasteiger partial charge in [-0.1, -0.05) is 0 Å². The van der Waals surface area contributed by atoms with E-state index in [1.54, 1.807) is 4.90 Å². The number of primary amides is 1. The highest BCUT2D eigenvalue weighted by atomic mass is 16.2. The molecule has 2 heterocycles. The number of pyridine rings is 1. The molecule has 0 spiro atoms. The lowest BCUT2D eigenvalue weighted by Gasteiger charge is -2.32. The molecule has 108 valence electrons. The summed E-state index contributed by atoms with van der Waals surface area (Å²) in [6.45, 7) is 1.60. The molecule has 2 rings (SSSR count). The Bertz CT molecular complexity index is 555. The van der Waals surface area contributed by atoms with Crippen LogP contribution in [0.4, 0.5) is 4.79 Å². The zero-order valence-electron chi connectivity index (χ0n) is 11.1. The van der Waals surface area contributed by atoms with E-state index < -0.39 is 6.03 Å². The molecule has 7 nitrogen and oxygen atoms in total. The minimum absolute atomic E-state index is 0.149. The van der Waals surface area contributed by atoms with Crippen LogP contribution in [0.5, 0.6) is 0 Å². The van der Waals surface area contributed by atoms with Crippen molar-refractivity contribution >= 4 is 11.9 Å². The van der Waals surface area contributed by atoms with Gasteiger partial charge in [0.25, 0.3) is 5.91 Å². The van der Waals surface area contributed by atoms with E-state index in [-0.39, 0.29) is 22.8 Å². The molecule has 1 fully saturated rings. The average Bonchev–Trinajstić information content (AvgIpc) is 2.45. The fourth-order valence-corrected chi connectivity index (χ4v) is 2.41. The number of aromatic nitrogens is 1. The van der Waals surface area contributed by atoms with Gasteiger partial charge < -0.3 is 20.9 Å². The van der Waals surface area contributed by atoms with Crippen molar-refractivity contribution in [3.63, 3.8) is 0 Å². The fraction of sp³-hybridized carbons (Fsp3) is 0.462. The number of urea groups is 1. The van der Waals surface area contributed by atoms with Crippen molar-refractivity contribution in [3.8, 4) is 0 Å². The Morgan fingerprint density at radius 3 is 3.00 bits per heavy atom. The lowest BCUT2D eigenvalue weighted by molar-refractivity contribution is 0.0673. The smallest absolute Gasteiger partial charge is 0.312 e. The van der Waals surface area contributed by atoms with E-state index in [2.05, 4.69) is 10.3 Å². The number of likely N-dealkylation sites (tertiary alicyclic amines) is 1. The van der Waals surface area contributed by atoms with Gasteiger partial charge >= 0.3 is 6.03 Å². The Balaban J connectivity index is 2.02. The van der Waals surface area contributed by atoms with Crippen LogP contribution in [-0.2, 0) is 0 Å². The first-order valence-corrected chi connectivity index (χ1v) is 6.57. The second-order valence-electron chi connectivity index (χ2n) is 4.93. The van der Waals surface area contributed by atoms with Crippen LogP contribution in [-0.4, -0.2) is 41.5 Å². The number of carbonyl (C=O) groups is 2. The Morgan fingerprint density at radius 1 is 1.50 bits per heavy atom. The van der Waals surface area contributed by atoms with Crippen molar-refractivity contribution in [2.75, 3.05) is 19.6 Å². The molecule has 1 unspecified atom stereocenters. The summed E-state index contributed by atoms with van der Waals surface area (Å²) in [4.78, 5) is 39.1. The third-order valence-electron chi connectivity index (χ3n) is 3.43. The number of hydrogen-bond donors (Lipinski definition) is 3. The van der Waals surface area contributed by atoms with E-state index in [1.165, 1.54) is 18.5 Å². The number of nitrogens with one attached hydrogen (secondary N) is 2. The van der Waals surface area contributed by atoms with Crippen molar-refractivity contribution in [2.24, 2.45) is 11.7 Å². The first kappa shape index (κ1) is 14.1. The van der Waals surface area contributed by atoms with Gasteiger partial charge in [-0.15, -0.1) is 0 Å². The molecular formula is C13H18N4O3. The highest BCUT2D eigenvalue weighted by Gasteiger charge is 2.25.